The molecule has 160 valence electrons. The van der Waals surface area contributed by atoms with E-state index in [9.17, 15) is 5.11 Å². The van der Waals surface area contributed by atoms with Crippen LogP contribution < -0.4 is 0 Å². The van der Waals surface area contributed by atoms with Crippen molar-refractivity contribution in [1.29, 1.82) is 0 Å². The number of aliphatic hydroxyl groups excluding tert-OH is 1. The van der Waals surface area contributed by atoms with E-state index in [0.29, 0.717) is 17.4 Å². The first kappa shape index (κ1) is 21.0. The Hall–Kier alpha value is -0.880. The Morgan fingerprint density at radius 2 is 1.60 bits per heavy atom. The summed E-state index contributed by atoms with van der Waals surface area (Å²) in [6, 6.07) is 12.8. The second-order valence-electron chi connectivity index (χ2n) is 10.3. The highest BCUT2D eigenvalue weighted by Crippen LogP contribution is 2.58. The van der Waals surface area contributed by atoms with Gasteiger partial charge in [-0.1, -0.05) is 52.6 Å². The van der Waals surface area contributed by atoms with Gasteiger partial charge < -0.3 is 9.67 Å². The maximum absolute atomic E-state index is 11.1. The summed E-state index contributed by atoms with van der Waals surface area (Å²) in [5.41, 5.74) is 3.12. The van der Waals surface area contributed by atoms with E-state index in [1.54, 1.807) is 0 Å². The molecule has 2 aromatic carbocycles. The van der Waals surface area contributed by atoms with E-state index in [4.69, 9.17) is 0 Å². The van der Waals surface area contributed by atoms with E-state index in [-0.39, 0.29) is 6.10 Å². The minimum atomic E-state index is -0.389. The van der Waals surface area contributed by atoms with Crippen LogP contribution in [0.3, 0.4) is 0 Å². The summed E-state index contributed by atoms with van der Waals surface area (Å²) in [5.74, 6) is 0.742. The highest BCUT2D eigenvalue weighted by Gasteiger charge is 2.55. The average molecular weight is 534 g/mol. The van der Waals surface area contributed by atoms with Crippen molar-refractivity contribution in [2.45, 2.75) is 46.3 Å². The minimum Gasteiger partial charge on any atom is -0.390 e. The van der Waals surface area contributed by atoms with Gasteiger partial charge in [0.05, 0.1) is 12.6 Å². The van der Waals surface area contributed by atoms with Crippen LogP contribution in [0.2, 0.25) is 0 Å². The number of aliphatic hydroxyl groups is 1. The standard InChI is InChI=1S/C25H30Br2N2O/c1-24(2)16-8-9-25(24,3)15-28(12-16)13-19(30)14-29-22-6-4-17(26)10-20(22)21-11-18(27)5-7-23(21)29/h4-7,10-11,16,19,30H,8-9,12-15H2,1-3H3/t16-,19+,25+/m0/s1. The SMILES string of the molecule is CC1(C)[C@H]2CC[C@]1(C)CN(C[C@@H](O)Cn1c3ccc(Br)cc3c3cc(Br)ccc31)C2. The zero-order valence-electron chi connectivity index (χ0n) is 18.0. The van der Waals surface area contributed by atoms with Crippen LogP contribution in [0, 0.1) is 16.7 Å². The quantitative estimate of drug-likeness (QED) is 0.418. The molecule has 5 heteroatoms. The summed E-state index contributed by atoms with van der Waals surface area (Å²) in [5, 5.41) is 13.6. The second-order valence-corrected chi connectivity index (χ2v) is 12.1. The highest BCUT2D eigenvalue weighted by atomic mass is 79.9. The third-order valence-electron chi connectivity index (χ3n) is 8.32. The van der Waals surface area contributed by atoms with Crippen LogP contribution in [0.25, 0.3) is 21.8 Å². The molecule has 5 rings (SSSR count). The number of hydrogen-bond acceptors (Lipinski definition) is 2. The van der Waals surface area contributed by atoms with Crippen LogP contribution in [-0.2, 0) is 6.54 Å². The predicted octanol–water partition coefficient (Wildman–Crippen LogP) is 6.44. The van der Waals surface area contributed by atoms with Crippen LogP contribution in [0.4, 0.5) is 0 Å². The smallest absolute Gasteiger partial charge is 0.0845 e. The fraction of sp³-hybridized carbons (Fsp3) is 0.520. The first-order chi connectivity index (χ1) is 14.2. The summed E-state index contributed by atoms with van der Waals surface area (Å²) in [4.78, 5) is 2.52. The van der Waals surface area contributed by atoms with E-state index in [0.717, 1.165) is 34.5 Å². The van der Waals surface area contributed by atoms with Gasteiger partial charge in [-0.2, -0.15) is 0 Å². The molecule has 1 aromatic heterocycles. The topological polar surface area (TPSA) is 28.4 Å². The summed E-state index contributed by atoms with van der Waals surface area (Å²) in [6.07, 6.45) is 2.25. The Kier molecular flexibility index (Phi) is 5.13. The molecule has 0 unspecified atom stereocenters. The van der Waals surface area contributed by atoms with Crippen LogP contribution in [0.5, 0.6) is 0 Å². The number of aromatic nitrogens is 1. The number of rotatable bonds is 4. The van der Waals surface area contributed by atoms with Gasteiger partial charge in [0.15, 0.2) is 0 Å². The zero-order valence-corrected chi connectivity index (χ0v) is 21.1. The highest BCUT2D eigenvalue weighted by molar-refractivity contribution is 9.10. The van der Waals surface area contributed by atoms with Gasteiger partial charge >= 0.3 is 0 Å². The van der Waals surface area contributed by atoms with Crippen molar-refractivity contribution < 1.29 is 5.11 Å². The van der Waals surface area contributed by atoms with Crippen molar-refractivity contribution in [3.63, 3.8) is 0 Å². The predicted molar refractivity (Wildman–Crippen MR) is 132 cm³/mol. The minimum absolute atomic E-state index is 0.362. The summed E-state index contributed by atoms with van der Waals surface area (Å²) in [6.45, 7) is 10.9. The first-order valence-corrected chi connectivity index (χ1v) is 12.5. The molecule has 1 aliphatic heterocycles. The summed E-state index contributed by atoms with van der Waals surface area (Å²) < 4.78 is 4.45. The lowest BCUT2D eigenvalue weighted by atomic mass is 9.63. The molecule has 3 aromatic rings. The van der Waals surface area contributed by atoms with Crippen molar-refractivity contribution in [1.82, 2.24) is 9.47 Å². The van der Waals surface area contributed by atoms with Crippen molar-refractivity contribution in [2.75, 3.05) is 19.6 Å². The molecule has 2 aliphatic rings. The first-order valence-electron chi connectivity index (χ1n) is 11.0. The van der Waals surface area contributed by atoms with Gasteiger partial charge in [0, 0.05) is 50.4 Å². The van der Waals surface area contributed by atoms with E-state index < -0.39 is 0 Å². The Bertz CT molecular complexity index is 1060. The second kappa shape index (κ2) is 7.33. The fourth-order valence-corrected chi connectivity index (χ4v) is 6.81. The summed E-state index contributed by atoms with van der Waals surface area (Å²) >= 11 is 7.23. The van der Waals surface area contributed by atoms with Gasteiger partial charge in [-0.15, -0.1) is 0 Å². The van der Waals surface area contributed by atoms with Crippen LogP contribution in [0.15, 0.2) is 45.3 Å². The molecule has 2 bridgehead atoms. The molecule has 2 heterocycles. The Morgan fingerprint density at radius 1 is 1.00 bits per heavy atom. The molecule has 1 aliphatic carbocycles. The number of hydrogen-bond donors (Lipinski definition) is 1. The van der Waals surface area contributed by atoms with Gasteiger partial charge in [-0.05, 0) is 66.0 Å². The van der Waals surface area contributed by atoms with E-state index in [1.807, 2.05) is 0 Å². The zero-order chi connectivity index (χ0) is 21.3. The van der Waals surface area contributed by atoms with Gasteiger partial charge in [0.1, 0.15) is 0 Å². The molecular formula is C25H30Br2N2O. The number of fused-ring (bicyclic) bond motifs is 5. The monoisotopic (exact) mass is 532 g/mol. The third kappa shape index (κ3) is 3.28. The molecule has 0 spiro atoms. The molecule has 1 saturated carbocycles. The number of likely N-dealkylation sites (tertiary alicyclic amines) is 1. The number of benzene rings is 2. The summed E-state index contributed by atoms with van der Waals surface area (Å²) in [7, 11) is 0. The van der Waals surface area contributed by atoms with Gasteiger partial charge in [-0.3, -0.25) is 4.90 Å². The molecule has 0 amide bonds. The van der Waals surface area contributed by atoms with Crippen LogP contribution in [0.1, 0.15) is 33.6 Å². The van der Waals surface area contributed by atoms with E-state index in [1.165, 1.54) is 34.6 Å². The molecule has 1 N–H and O–H groups in total. The lowest BCUT2D eigenvalue weighted by Gasteiger charge is -2.50. The lowest BCUT2D eigenvalue weighted by molar-refractivity contribution is -0.0345. The molecule has 2 fully saturated rings. The maximum Gasteiger partial charge on any atom is 0.0845 e. The van der Waals surface area contributed by atoms with E-state index in [2.05, 4.69) is 98.5 Å². The van der Waals surface area contributed by atoms with Crippen LogP contribution >= 0.6 is 31.9 Å². The normalized spacial score (nSPS) is 27.2. The lowest BCUT2D eigenvalue weighted by Crippen LogP contribution is -2.53. The molecular weight excluding hydrogens is 504 g/mol. The van der Waals surface area contributed by atoms with E-state index >= 15 is 0 Å². The number of nitrogens with zero attached hydrogens (tertiary/aromatic N) is 2. The molecule has 30 heavy (non-hydrogen) atoms. The van der Waals surface area contributed by atoms with Crippen molar-refractivity contribution >= 4 is 53.7 Å². The van der Waals surface area contributed by atoms with Crippen molar-refractivity contribution in [3.05, 3.63) is 45.3 Å². The van der Waals surface area contributed by atoms with Crippen molar-refractivity contribution in [2.24, 2.45) is 16.7 Å². The molecule has 3 nitrogen and oxygen atoms in total. The molecule has 0 radical (unpaired) electrons. The Morgan fingerprint density at radius 3 is 2.17 bits per heavy atom. The Labute approximate surface area is 195 Å². The van der Waals surface area contributed by atoms with Crippen LogP contribution in [-0.4, -0.2) is 40.3 Å². The molecule has 1 saturated heterocycles. The number of piperidine rings is 1. The fourth-order valence-electron chi connectivity index (χ4n) is 6.09. The third-order valence-corrected chi connectivity index (χ3v) is 9.31. The Balaban J connectivity index is 1.42. The largest absolute Gasteiger partial charge is 0.390 e. The van der Waals surface area contributed by atoms with Gasteiger partial charge in [0.2, 0.25) is 0 Å². The average Bonchev–Trinajstić information content (AvgIpc) is 2.97. The number of β-amino-alcohol motifs (C(OH)–C–C–N with tert-alkyl or cyclic N) is 1. The molecule has 3 atom stereocenters. The van der Waals surface area contributed by atoms with Gasteiger partial charge in [-0.25, -0.2) is 0 Å². The number of halogens is 2. The van der Waals surface area contributed by atoms with Crippen molar-refractivity contribution in [3.8, 4) is 0 Å². The van der Waals surface area contributed by atoms with Gasteiger partial charge in [0.25, 0.3) is 0 Å². The maximum atomic E-state index is 11.1.